The summed E-state index contributed by atoms with van der Waals surface area (Å²) in [7, 11) is 0. The summed E-state index contributed by atoms with van der Waals surface area (Å²) in [5, 5.41) is 0.748. The molecular formula is C8H6N2O2S. The molecule has 2 rings (SSSR count). The van der Waals surface area contributed by atoms with Crippen LogP contribution in [0.5, 0.6) is 0 Å². The van der Waals surface area contributed by atoms with Crippen molar-refractivity contribution in [3.05, 3.63) is 18.2 Å². The number of furan rings is 1. The average molecular weight is 194 g/mol. The number of hydrogen-bond acceptors (Lipinski definition) is 5. The number of aldehydes is 1. The Hall–Kier alpha value is -1.36. The van der Waals surface area contributed by atoms with Gasteiger partial charge in [-0.25, -0.2) is 9.97 Å². The average Bonchev–Trinajstić information content (AvgIpc) is 2.59. The molecule has 2 heterocycles. The van der Waals surface area contributed by atoms with Crippen LogP contribution in [0.2, 0.25) is 0 Å². The third kappa shape index (κ3) is 1.31. The lowest BCUT2D eigenvalue weighted by molar-refractivity contribution is 0.110. The van der Waals surface area contributed by atoms with Crippen LogP contribution in [0.1, 0.15) is 10.6 Å². The second kappa shape index (κ2) is 3.18. The zero-order chi connectivity index (χ0) is 9.26. The lowest BCUT2D eigenvalue weighted by atomic mass is 10.4. The molecule has 0 N–H and O–H groups in total. The highest BCUT2D eigenvalue weighted by atomic mass is 32.2. The Labute approximate surface area is 78.4 Å². The lowest BCUT2D eigenvalue weighted by Gasteiger charge is -1.93. The van der Waals surface area contributed by atoms with E-state index in [2.05, 4.69) is 9.97 Å². The molecule has 0 bridgehead atoms. The van der Waals surface area contributed by atoms with Gasteiger partial charge in [0.05, 0.1) is 0 Å². The van der Waals surface area contributed by atoms with Crippen LogP contribution < -0.4 is 0 Å². The Morgan fingerprint density at radius 3 is 3.08 bits per heavy atom. The largest absolute Gasteiger partial charge is 0.449 e. The summed E-state index contributed by atoms with van der Waals surface area (Å²) >= 11 is 1.46. The molecule has 0 aliphatic carbocycles. The minimum Gasteiger partial charge on any atom is -0.449 e. The summed E-state index contributed by atoms with van der Waals surface area (Å²) < 4.78 is 5.23. The first-order valence-electron chi connectivity index (χ1n) is 3.59. The van der Waals surface area contributed by atoms with E-state index in [0.29, 0.717) is 17.4 Å². The summed E-state index contributed by atoms with van der Waals surface area (Å²) in [5.41, 5.74) is 1.25. The van der Waals surface area contributed by atoms with Crippen molar-refractivity contribution in [3.63, 3.8) is 0 Å². The van der Waals surface area contributed by atoms with Gasteiger partial charge in [0, 0.05) is 6.07 Å². The van der Waals surface area contributed by atoms with Crippen LogP contribution in [-0.4, -0.2) is 22.5 Å². The number of carbonyl (C=O) groups is 1. The van der Waals surface area contributed by atoms with Crippen molar-refractivity contribution >= 4 is 29.1 Å². The first kappa shape index (κ1) is 8.25. The number of aromatic nitrogens is 2. The summed E-state index contributed by atoms with van der Waals surface area (Å²) in [5.74, 6) is 0.283. The van der Waals surface area contributed by atoms with E-state index in [1.807, 2.05) is 6.26 Å². The summed E-state index contributed by atoms with van der Waals surface area (Å²) in [4.78, 5) is 18.4. The van der Waals surface area contributed by atoms with Crippen molar-refractivity contribution < 1.29 is 9.21 Å². The van der Waals surface area contributed by atoms with Gasteiger partial charge in [-0.05, 0) is 6.26 Å². The number of fused-ring (bicyclic) bond motifs is 1. The van der Waals surface area contributed by atoms with Crippen LogP contribution in [0, 0.1) is 0 Å². The maximum absolute atomic E-state index is 10.4. The number of rotatable bonds is 2. The van der Waals surface area contributed by atoms with Gasteiger partial charge in [-0.3, -0.25) is 4.79 Å². The smallest absolute Gasteiger partial charge is 0.185 e. The van der Waals surface area contributed by atoms with Crippen LogP contribution in [0.25, 0.3) is 11.1 Å². The van der Waals surface area contributed by atoms with Gasteiger partial charge >= 0.3 is 0 Å². The Bertz CT molecular complexity index is 452. The van der Waals surface area contributed by atoms with Crippen LogP contribution in [0.15, 0.2) is 21.8 Å². The topological polar surface area (TPSA) is 56.0 Å². The highest BCUT2D eigenvalue weighted by Gasteiger charge is 2.08. The predicted molar refractivity (Wildman–Crippen MR) is 49.0 cm³/mol. The van der Waals surface area contributed by atoms with Gasteiger partial charge in [0.2, 0.25) is 0 Å². The summed E-state index contributed by atoms with van der Waals surface area (Å²) in [6.45, 7) is 0. The normalized spacial score (nSPS) is 10.5. The molecule has 13 heavy (non-hydrogen) atoms. The van der Waals surface area contributed by atoms with E-state index in [1.165, 1.54) is 18.1 Å². The van der Waals surface area contributed by atoms with Crippen LogP contribution in [0.4, 0.5) is 0 Å². The Kier molecular flexibility index (Phi) is 2.02. The Morgan fingerprint density at radius 2 is 2.38 bits per heavy atom. The number of thioether (sulfide) groups is 1. The molecule has 0 aliphatic heterocycles. The van der Waals surface area contributed by atoms with Crippen molar-refractivity contribution in [2.45, 2.75) is 5.03 Å². The third-order valence-electron chi connectivity index (χ3n) is 1.61. The zero-order valence-corrected chi connectivity index (χ0v) is 7.67. The van der Waals surface area contributed by atoms with Gasteiger partial charge < -0.3 is 4.42 Å². The molecule has 0 aliphatic rings. The maximum atomic E-state index is 10.4. The van der Waals surface area contributed by atoms with Gasteiger partial charge in [0.15, 0.2) is 17.6 Å². The monoisotopic (exact) mass is 194 g/mol. The fourth-order valence-corrected chi connectivity index (χ4v) is 1.54. The fourth-order valence-electron chi connectivity index (χ4n) is 1.05. The molecule has 5 heteroatoms. The third-order valence-corrected chi connectivity index (χ3v) is 2.28. The van der Waals surface area contributed by atoms with Gasteiger partial charge in [-0.2, -0.15) is 0 Å². The molecule has 66 valence electrons. The molecular weight excluding hydrogens is 188 g/mol. The molecule has 2 aromatic rings. The van der Waals surface area contributed by atoms with E-state index in [0.717, 1.165) is 5.03 Å². The molecule has 0 atom stereocenters. The molecule has 0 amide bonds. The van der Waals surface area contributed by atoms with Gasteiger partial charge in [-0.1, -0.05) is 0 Å². The second-order valence-electron chi connectivity index (χ2n) is 2.36. The van der Waals surface area contributed by atoms with Crippen molar-refractivity contribution in [1.82, 2.24) is 9.97 Å². The lowest BCUT2D eigenvalue weighted by Crippen LogP contribution is -1.81. The Balaban J connectivity index is 2.74. The Morgan fingerprint density at radius 1 is 1.54 bits per heavy atom. The van der Waals surface area contributed by atoms with E-state index >= 15 is 0 Å². The number of nitrogens with zero attached hydrogens (tertiary/aromatic N) is 2. The molecule has 0 saturated heterocycles. The van der Waals surface area contributed by atoms with Crippen molar-refractivity contribution in [2.75, 3.05) is 6.26 Å². The van der Waals surface area contributed by atoms with Crippen molar-refractivity contribution in [1.29, 1.82) is 0 Å². The first-order valence-corrected chi connectivity index (χ1v) is 4.81. The molecule has 0 radical (unpaired) electrons. The quantitative estimate of drug-likeness (QED) is 0.414. The van der Waals surface area contributed by atoms with E-state index in [1.54, 1.807) is 6.07 Å². The molecule has 0 unspecified atom stereocenters. The first-order chi connectivity index (χ1) is 6.35. The van der Waals surface area contributed by atoms with Crippen molar-refractivity contribution in [3.8, 4) is 0 Å². The molecule has 4 nitrogen and oxygen atoms in total. The number of hydrogen-bond donors (Lipinski definition) is 0. The SMILES string of the molecule is CSc1ncnc2cc(C=O)oc12. The summed E-state index contributed by atoms with van der Waals surface area (Å²) in [6.07, 6.45) is 4.01. The van der Waals surface area contributed by atoms with Crippen molar-refractivity contribution in [2.24, 2.45) is 0 Å². The molecule has 2 aromatic heterocycles. The van der Waals surface area contributed by atoms with E-state index in [9.17, 15) is 4.79 Å². The zero-order valence-electron chi connectivity index (χ0n) is 6.85. The molecule has 0 spiro atoms. The second-order valence-corrected chi connectivity index (χ2v) is 3.16. The van der Waals surface area contributed by atoms with E-state index in [4.69, 9.17) is 4.42 Å². The number of carbonyl (C=O) groups excluding carboxylic acids is 1. The van der Waals surface area contributed by atoms with Gasteiger partial charge in [-0.15, -0.1) is 11.8 Å². The minimum atomic E-state index is 0.283. The molecule has 0 aromatic carbocycles. The van der Waals surface area contributed by atoms with E-state index in [-0.39, 0.29) is 5.76 Å². The van der Waals surface area contributed by atoms with Crippen LogP contribution in [0.3, 0.4) is 0 Å². The van der Waals surface area contributed by atoms with E-state index < -0.39 is 0 Å². The highest BCUT2D eigenvalue weighted by molar-refractivity contribution is 7.98. The van der Waals surface area contributed by atoms with Gasteiger partial charge in [0.25, 0.3) is 0 Å². The standard InChI is InChI=1S/C8H6N2O2S/c1-13-8-7-6(9-4-10-8)2-5(3-11)12-7/h2-4H,1H3. The molecule has 0 fully saturated rings. The van der Waals surface area contributed by atoms with Gasteiger partial charge in [0.1, 0.15) is 16.9 Å². The fraction of sp³-hybridized carbons (Fsp3) is 0.125. The predicted octanol–water partition coefficient (Wildman–Crippen LogP) is 1.76. The summed E-state index contributed by atoms with van der Waals surface area (Å²) in [6, 6.07) is 1.60. The van der Waals surface area contributed by atoms with Crippen LogP contribution in [-0.2, 0) is 0 Å². The maximum Gasteiger partial charge on any atom is 0.185 e. The minimum absolute atomic E-state index is 0.283. The molecule has 0 saturated carbocycles. The van der Waals surface area contributed by atoms with Crippen LogP contribution >= 0.6 is 11.8 Å². The highest BCUT2D eigenvalue weighted by Crippen LogP contribution is 2.24.